The third-order valence-electron chi connectivity index (χ3n) is 6.42. The number of amides is 1. The molecule has 1 saturated carbocycles. The number of nitrogens with zero attached hydrogens (tertiary/aromatic N) is 7. The van der Waals surface area contributed by atoms with E-state index < -0.39 is 51.9 Å². The molecule has 1 aliphatic carbocycles. The molecular weight excluding hydrogens is 598 g/mol. The number of hydrogen-bond acceptors (Lipinski definition) is 14. The van der Waals surface area contributed by atoms with Crippen LogP contribution in [0.4, 0.5) is 5.13 Å². The summed E-state index contributed by atoms with van der Waals surface area (Å²) >= 11 is 0.992. The number of β-lactam (4-membered cyclic amide) rings is 1. The minimum absolute atomic E-state index is 0.00521. The molecule has 1 saturated heterocycles. The smallest absolute Gasteiger partial charge is 0.362 e. The number of thiazole rings is 1. The zero-order valence-corrected chi connectivity index (χ0v) is 23.6. The summed E-state index contributed by atoms with van der Waals surface area (Å²) in [5.74, 6) is -4.15. The molecule has 0 unspecified atom stereocenters. The van der Waals surface area contributed by atoms with Crippen LogP contribution in [0.2, 0.25) is 0 Å². The Hall–Kier alpha value is -4.21. The van der Waals surface area contributed by atoms with E-state index in [0.717, 1.165) is 16.1 Å². The zero-order valence-electron chi connectivity index (χ0n) is 22.0. The Morgan fingerprint density at radius 2 is 2.07 bits per heavy atom. The van der Waals surface area contributed by atoms with Crippen LogP contribution < -0.4 is 22.5 Å². The molecule has 9 N–H and O–H groups in total. The number of nitrogens with one attached hydrogen (secondary N) is 1. The average molecular weight is 628 g/mol. The fourth-order valence-electron chi connectivity index (χ4n) is 4.01. The Bertz CT molecular complexity index is 1520. The number of rotatable bonds is 15. The minimum Gasteiger partial charge on any atom is -0.478 e. The molecule has 0 aromatic carbocycles. The number of carbonyl (C=O) groups excluding carboxylic acids is 2. The van der Waals surface area contributed by atoms with Gasteiger partial charge >= 0.3 is 16.3 Å². The monoisotopic (exact) mass is 627 g/mol. The van der Waals surface area contributed by atoms with Crippen LogP contribution in [-0.2, 0) is 42.6 Å². The van der Waals surface area contributed by atoms with Crippen molar-refractivity contribution in [2.24, 2.45) is 27.5 Å². The standard InChI is InChI=1S/C21H29N11O8S2/c22-4-1-5-25-19(23)26-7-11-8-27-31(29-11)9-14-12(17(34)32(14)42(37,38)39)6-15(33)16(13-10-41-20(24)28-13)30-40-21(2-3-21)18(35)36/h8,10,12,14H,1-7,9,22H2,(H2,24,28)(H,35,36)(H3,23,25,26)(H,37,38,39)/b30-16-/t12-,14+/m0/s1. The second-order valence-electron chi connectivity index (χ2n) is 9.48. The molecule has 3 heterocycles. The van der Waals surface area contributed by atoms with Crippen LogP contribution in [0.3, 0.4) is 0 Å². The number of carbonyl (C=O) groups is 3. The van der Waals surface area contributed by atoms with Gasteiger partial charge in [0.2, 0.25) is 11.5 Å². The van der Waals surface area contributed by atoms with Gasteiger partial charge in [-0.1, -0.05) is 5.16 Å². The van der Waals surface area contributed by atoms with Crippen LogP contribution in [0.25, 0.3) is 0 Å². The third kappa shape index (κ3) is 6.98. The van der Waals surface area contributed by atoms with Crippen molar-refractivity contribution in [3.63, 3.8) is 0 Å². The predicted octanol–water partition coefficient (Wildman–Crippen LogP) is -2.30. The second kappa shape index (κ2) is 12.3. The molecule has 19 nitrogen and oxygen atoms in total. The number of oxime groups is 1. The van der Waals surface area contributed by atoms with E-state index in [2.05, 4.69) is 30.6 Å². The number of anilines is 1. The first-order valence-corrected chi connectivity index (χ1v) is 14.8. The van der Waals surface area contributed by atoms with Crippen LogP contribution in [0.5, 0.6) is 0 Å². The van der Waals surface area contributed by atoms with Crippen LogP contribution in [-0.4, -0.2) is 96.4 Å². The van der Waals surface area contributed by atoms with Crippen molar-refractivity contribution in [2.45, 2.75) is 50.4 Å². The highest BCUT2D eigenvalue weighted by Gasteiger charge is 2.56. The summed E-state index contributed by atoms with van der Waals surface area (Å²) in [5.41, 5.74) is 15.3. The average Bonchev–Trinajstić information content (AvgIpc) is 3.38. The van der Waals surface area contributed by atoms with E-state index in [1.807, 2.05) is 0 Å². The lowest BCUT2D eigenvalue weighted by atomic mass is 9.84. The van der Waals surface area contributed by atoms with E-state index in [1.165, 1.54) is 11.6 Å². The van der Waals surface area contributed by atoms with Crippen LogP contribution in [0, 0.1) is 5.92 Å². The molecule has 2 aromatic rings. The van der Waals surface area contributed by atoms with Gasteiger partial charge in [0.15, 0.2) is 22.6 Å². The lowest BCUT2D eigenvalue weighted by Gasteiger charge is -2.43. The predicted molar refractivity (Wildman–Crippen MR) is 146 cm³/mol. The third-order valence-corrected chi connectivity index (χ3v) is 8.04. The first-order chi connectivity index (χ1) is 19.8. The number of aliphatic imine (C=N–C) groups is 1. The van der Waals surface area contributed by atoms with Gasteiger partial charge in [0.1, 0.15) is 11.4 Å². The van der Waals surface area contributed by atoms with Crippen molar-refractivity contribution in [1.82, 2.24) is 29.6 Å². The van der Waals surface area contributed by atoms with E-state index in [1.54, 1.807) is 0 Å². The number of hydrogen-bond donors (Lipinski definition) is 6. The number of guanidine groups is 1. The first kappa shape index (κ1) is 30.7. The number of carboxylic acids is 1. The fraction of sp³-hybridized carbons (Fsp3) is 0.524. The molecule has 0 bridgehead atoms. The van der Waals surface area contributed by atoms with E-state index in [4.69, 9.17) is 22.0 Å². The van der Waals surface area contributed by atoms with Crippen molar-refractivity contribution < 1.29 is 37.3 Å². The van der Waals surface area contributed by atoms with Gasteiger partial charge in [-0.2, -0.15) is 23.4 Å². The molecule has 42 heavy (non-hydrogen) atoms. The Morgan fingerprint density at radius 3 is 2.67 bits per heavy atom. The quantitative estimate of drug-likeness (QED) is 0.0302. The SMILES string of the molecule is NCCCNC(N)=NCc1cnn(C[C@@H]2[C@H](CC(=O)/C(=N\OC3(C(=O)O)CC3)c3csc(N)n3)C(=O)N2S(=O)(=O)O)n1. The summed E-state index contributed by atoms with van der Waals surface area (Å²) in [4.78, 5) is 52.0. The van der Waals surface area contributed by atoms with Crippen molar-refractivity contribution >= 4 is 56.1 Å². The van der Waals surface area contributed by atoms with E-state index in [0.29, 0.717) is 25.2 Å². The summed E-state index contributed by atoms with van der Waals surface area (Å²) in [7, 11) is -4.98. The topological polar surface area (TPSA) is 297 Å². The molecule has 2 atom stereocenters. The maximum Gasteiger partial charge on any atom is 0.362 e. The van der Waals surface area contributed by atoms with Gasteiger partial charge in [-0.3, -0.25) is 14.1 Å². The molecule has 228 valence electrons. The highest BCUT2D eigenvalue weighted by atomic mass is 32.2. The van der Waals surface area contributed by atoms with Crippen molar-refractivity contribution in [1.29, 1.82) is 0 Å². The molecule has 2 fully saturated rings. The van der Waals surface area contributed by atoms with Gasteiger partial charge in [-0.05, 0) is 13.0 Å². The maximum atomic E-state index is 13.3. The van der Waals surface area contributed by atoms with Crippen molar-refractivity contribution in [3.05, 3.63) is 23.0 Å². The van der Waals surface area contributed by atoms with Gasteiger partial charge in [-0.25, -0.2) is 19.1 Å². The molecule has 1 aliphatic heterocycles. The highest BCUT2D eigenvalue weighted by Crippen LogP contribution is 2.40. The molecule has 21 heteroatoms. The Labute approximate surface area is 242 Å². The number of Topliss-reactive ketones (excluding diaryl/α,β-unsaturated/α-hetero) is 1. The Balaban J connectivity index is 1.50. The summed E-state index contributed by atoms with van der Waals surface area (Å²) in [5, 5.41) is 25.7. The number of nitrogen functional groups attached to an aromatic ring is 1. The molecule has 1 amide bonds. The lowest BCUT2D eigenvalue weighted by molar-refractivity contribution is -0.153. The molecular formula is C21H29N11O8S2. The number of ketones is 1. The lowest BCUT2D eigenvalue weighted by Crippen LogP contribution is -2.64. The fourth-order valence-corrected chi connectivity index (χ4v) is 5.47. The summed E-state index contributed by atoms with van der Waals surface area (Å²) < 4.78 is 33.8. The van der Waals surface area contributed by atoms with Gasteiger partial charge in [0, 0.05) is 31.2 Å². The van der Waals surface area contributed by atoms with E-state index in [-0.39, 0.29) is 52.7 Å². The van der Waals surface area contributed by atoms with Gasteiger partial charge < -0.3 is 32.5 Å². The number of aromatic nitrogens is 4. The van der Waals surface area contributed by atoms with Gasteiger partial charge in [0.25, 0.3) is 0 Å². The van der Waals surface area contributed by atoms with Crippen LogP contribution in [0.1, 0.15) is 37.1 Å². The van der Waals surface area contributed by atoms with Gasteiger partial charge in [-0.15, -0.1) is 11.3 Å². The Kier molecular flexibility index (Phi) is 9.03. The van der Waals surface area contributed by atoms with Crippen LogP contribution >= 0.6 is 11.3 Å². The summed E-state index contributed by atoms with van der Waals surface area (Å²) in [6.45, 7) is 0.766. The second-order valence-corrected chi connectivity index (χ2v) is 11.7. The minimum atomic E-state index is -4.98. The molecule has 2 aromatic heterocycles. The number of carboxylic acid groups (broad SMARTS) is 1. The molecule has 4 rings (SSSR count). The summed E-state index contributed by atoms with van der Waals surface area (Å²) in [6.07, 6.45) is 1.85. The molecule has 0 radical (unpaired) electrons. The van der Waals surface area contributed by atoms with Crippen molar-refractivity contribution in [2.75, 3.05) is 18.8 Å². The highest BCUT2D eigenvalue weighted by molar-refractivity contribution is 7.84. The maximum absolute atomic E-state index is 13.3. The van der Waals surface area contributed by atoms with Crippen molar-refractivity contribution in [3.8, 4) is 0 Å². The van der Waals surface area contributed by atoms with E-state index >= 15 is 0 Å². The Morgan fingerprint density at radius 1 is 1.33 bits per heavy atom. The van der Waals surface area contributed by atoms with E-state index in [9.17, 15) is 32.5 Å². The number of aliphatic carboxylic acids is 1. The normalized spacial score (nSPS) is 20.2. The molecule has 2 aliphatic rings. The largest absolute Gasteiger partial charge is 0.478 e. The zero-order chi connectivity index (χ0) is 30.7. The summed E-state index contributed by atoms with van der Waals surface area (Å²) in [6, 6.07) is -1.24. The molecule has 0 spiro atoms. The number of nitrogens with two attached hydrogens (primary N) is 3. The first-order valence-electron chi connectivity index (χ1n) is 12.5. The van der Waals surface area contributed by atoms with Gasteiger partial charge in [0.05, 0.1) is 31.2 Å². The van der Waals surface area contributed by atoms with Crippen LogP contribution in [0.15, 0.2) is 21.7 Å².